The van der Waals surface area contributed by atoms with E-state index in [2.05, 4.69) is 22.9 Å². The number of benzene rings is 1. The summed E-state index contributed by atoms with van der Waals surface area (Å²) in [5.41, 5.74) is 1.22. The predicted molar refractivity (Wildman–Crippen MR) is 48.8 cm³/mol. The molecular formula is C8H8BrCl. The number of alkyl halides is 1. The molecule has 0 radical (unpaired) electrons. The third-order valence-electron chi connectivity index (χ3n) is 1.31. The molecule has 0 spiro atoms. The molecule has 0 aliphatic heterocycles. The molecule has 0 nitrogen and oxygen atoms in total. The lowest BCUT2D eigenvalue weighted by Gasteiger charge is -2.01. The molecule has 1 rings (SSSR count). The number of rotatable bonds is 1. The van der Waals surface area contributed by atoms with E-state index < -0.39 is 0 Å². The molecule has 0 heterocycles. The molecule has 1 aromatic rings. The van der Waals surface area contributed by atoms with E-state index in [9.17, 15) is 0 Å². The van der Waals surface area contributed by atoms with Crippen LogP contribution in [0.1, 0.15) is 17.3 Å². The van der Waals surface area contributed by atoms with Crippen LogP contribution in [0.5, 0.6) is 0 Å². The number of halogens is 2. The first-order valence-corrected chi connectivity index (χ1v) is 4.39. The Morgan fingerprint density at radius 3 is 2.60 bits per heavy atom. The van der Waals surface area contributed by atoms with E-state index in [-0.39, 0.29) is 0 Å². The maximum absolute atomic E-state index is 5.77. The van der Waals surface area contributed by atoms with Gasteiger partial charge in [-0.05, 0) is 24.6 Å². The Balaban J connectivity index is 2.96. The molecule has 0 saturated heterocycles. The molecule has 1 atom stereocenters. The second-order valence-corrected chi connectivity index (χ2v) is 3.98. The fourth-order valence-corrected chi connectivity index (χ4v) is 1.24. The third-order valence-corrected chi connectivity index (χ3v) is 2.07. The van der Waals surface area contributed by atoms with Crippen molar-refractivity contribution in [2.24, 2.45) is 0 Å². The Bertz CT molecular complexity index is 220. The van der Waals surface area contributed by atoms with Gasteiger partial charge >= 0.3 is 0 Å². The zero-order valence-electron chi connectivity index (χ0n) is 5.64. The monoisotopic (exact) mass is 218 g/mol. The van der Waals surface area contributed by atoms with Gasteiger partial charge in [0.2, 0.25) is 0 Å². The molecular weight excluding hydrogens is 211 g/mol. The minimum atomic E-state index is 0.381. The van der Waals surface area contributed by atoms with Gasteiger partial charge in [0.25, 0.3) is 0 Å². The van der Waals surface area contributed by atoms with Crippen molar-refractivity contribution in [2.45, 2.75) is 11.8 Å². The summed E-state index contributed by atoms with van der Waals surface area (Å²) in [5.74, 6) is 0. The lowest BCUT2D eigenvalue weighted by molar-refractivity contribution is 1.12. The van der Waals surface area contributed by atoms with Gasteiger partial charge in [-0.1, -0.05) is 39.7 Å². The topological polar surface area (TPSA) is 0 Å². The Hall–Kier alpha value is -0.0100. The summed E-state index contributed by atoms with van der Waals surface area (Å²) >= 11 is 9.23. The second-order valence-electron chi connectivity index (χ2n) is 2.17. The minimum absolute atomic E-state index is 0.381. The average Bonchev–Trinajstić information content (AvgIpc) is 1.88. The van der Waals surface area contributed by atoms with Crippen molar-refractivity contribution in [1.82, 2.24) is 0 Å². The zero-order valence-corrected chi connectivity index (χ0v) is 7.98. The van der Waals surface area contributed by atoms with Gasteiger partial charge in [-0.15, -0.1) is 0 Å². The summed E-state index contributed by atoms with van der Waals surface area (Å²) < 4.78 is 0. The van der Waals surface area contributed by atoms with Crippen LogP contribution in [0.15, 0.2) is 24.3 Å². The van der Waals surface area contributed by atoms with Crippen LogP contribution in [-0.4, -0.2) is 0 Å². The molecule has 0 aliphatic rings. The van der Waals surface area contributed by atoms with Gasteiger partial charge in [0.1, 0.15) is 0 Å². The molecule has 0 amide bonds. The highest BCUT2D eigenvalue weighted by Gasteiger charge is 1.98. The second kappa shape index (κ2) is 3.40. The maximum Gasteiger partial charge on any atom is 0.0409 e. The van der Waals surface area contributed by atoms with Gasteiger partial charge in [-0.3, -0.25) is 0 Å². The van der Waals surface area contributed by atoms with Gasteiger partial charge in [0.05, 0.1) is 0 Å². The van der Waals surface area contributed by atoms with Crippen LogP contribution >= 0.6 is 27.5 Å². The highest BCUT2D eigenvalue weighted by Crippen LogP contribution is 2.23. The quantitative estimate of drug-likeness (QED) is 0.630. The van der Waals surface area contributed by atoms with E-state index >= 15 is 0 Å². The maximum atomic E-state index is 5.77. The van der Waals surface area contributed by atoms with Crippen LogP contribution in [0.4, 0.5) is 0 Å². The van der Waals surface area contributed by atoms with Crippen molar-refractivity contribution in [3.8, 4) is 0 Å². The van der Waals surface area contributed by atoms with Crippen LogP contribution in [-0.2, 0) is 0 Å². The van der Waals surface area contributed by atoms with Gasteiger partial charge in [-0.2, -0.15) is 0 Å². The van der Waals surface area contributed by atoms with Crippen LogP contribution in [0.2, 0.25) is 5.02 Å². The molecule has 0 saturated carbocycles. The molecule has 2 heteroatoms. The SMILES string of the molecule is C[C@@H](Br)c1cccc(Cl)c1. The van der Waals surface area contributed by atoms with Crippen molar-refractivity contribution < 1.29 is 0 Å². The zero-order chi connectivity index (χ0) is 7.56. The Morgan fingerprint density at radius 1 is 1.50 bits per heavy atom. The lowest BCUT2D eigenvalue weighted by atomic mass is 10.2. The smallest absolute Gasteiger partial charge is 0.0409 e. The van der Waals surface area contributed by atoms with Gasteiger partial charge in [0, 0.05) is 9.85 Å². The Labute approximate surface area is 74.3 Å². The van der Waals surface area contributed by atoms with Crippen molar-refractivity contribution in [3.63, 3.8) is 0 Å². The summed E-state index contributed by atoms with van der Waals surface area (Å²) in [6, 6.07) is 7.84. The van der Waals surface area contributed by atoms with Gasteiger partial charge in [-0.25, -0.2) is 0 Å². The van der Waals surface area contributed by atoms with E-state index in [1.807, 2.05) is 24.3 Å². The molecule has 0 aromatic heterocycles. The highest BCUT2D eigenvalue weighted by atomic mass is 79.9. The standard InChI is InChI=1S/C8H8BrCl/c1-6(9)7-3-2-4-8(10)5-7/h2-6H,1H3/t6-/m1/s1. The molecule has 0 unspecified atom stereocenters. The summed E-state index contributed by atoms with van der Waals surface area (Å²) in [6.45, 7) is 2.08. The summed E-state index contributed by atoms with van der Waals surface area (Å²) in [4.78, 5) is 0.381. The molecule has 0 bridgehead atoms. The van der Waals surface area contributed by atoms with Crippen LogP contribution in [0.25, 0.3) is 0 Å². The first kappa shape index (κ1) is 8.09. The van der Waals surface area contributed by atoms with Crippen LogP contribution < -0.4 is 0 Å². The average molecular weight is 220 g/mol. The first-order valence-electron chi connectivity index (χ1n) is 3.09. The molecule has 10 heavy (non-hydrogen) atoms. The predicted octanol–water partition coefficient (Wildman–Crippen LogP) is 3.80. The van der Waals surface area contributed by atoms with Gasteiger partial charge in [0.15, 0.2) is 0 Å². The van der Waals surface area contributed by atoms with E-state index in [1.54, 1.807) is 0 Å². The van der Waals surface area contributed by atoms with Gasteiger partial charge < -0.3 is 0 Å². The van der Waals surface area contributed by atoms with E-state index in [1.165, 1.54) is 5.56 Å². The molecule has 1 aromatic carbocycles. The summed E-state index contributed by atoms with van der Waals surface area (Å²) in [5, 5.41) is 0.795. The Kier molecular flexibility index (Phi) is 2.75. The molecule has 54 valence electrons. The number of hydrogen-bond donors (Lipinski definition) is 0. The van der Waals surface area contributed by atoms with Crippen molar-refractivity contribution in [1.29, 1.82) is 0 Å². The van der Waals surface area contributed by atoms with Crippen LogP contribution in [0.3, 0.4) is 0 Å². The van der Waals surface area contributed by atoms with E-state index in [0.29, 0.717) is 4.83 Å². The van der Waals surface area contributed by atoms with Crippen LogP contribution in [0, 0.1) is 0 Å². The first-order chi connectivity index (χ1) is 4.70. The fourth-order valence-electron chi connectivity index (χ4n) is 0.754. The molecule has 0 N–H and O–H groups in total. The molecule has 0 fully saturated rings. The highest BCUT2D eigenvalue weighted by molar-refractivity contribution is 9.09. The van der Waals surface area contributed by atoms with E-state index in [0.717, 1.165) is 5.02 Å². The van der Waals surface area contributed by atoms with Crippen molar-refractivity contribution in [3.05, 3.63) is 34.9 Å². The van der Waals surface area contributed by atoms with Crippen molar-refractivity contribution >= 4 is 27.5 Å². The van der Waals surface area contributed by atoms with Crippen molar-refractivity contribution in [2.75, 3.05) is 0 Å². The largest absolute Gasteiger partial charge is 0.0843 e. The lowest BCUT2D eigenvalue weighted by Crippen LogP contribution is -1.81. The molecule has 0 aliphatic carbocycles. The van der Waals surface area contributed by atoms with E-state index in [4.69, 9.17) is 11.6 Å². The Morgan fingerprint density at radius 2 is 2.20 bits per heavy atom. The number of hydrogen-bond acceptors (Lipinski definition) is 0. The minimum Gasteiger partial charge on any atom is -0.0843 e. The summed E-state index contributed by atoms with van der Waals surface area (Å²) in [6.07, 6.45) is 0. The third kappa shape index (κ3) is 1.99. The fraction of sp³-hybridized carbons (Fsp3) is 0.250. The normalized spacial score (nSPS) is 13.1. The summed E-state index contributed by atoms with van der Waals surface area (Å²) in [7, 11) is 0.